The summed E-state index contributed by atoms with van der Waals surface area (Å²) in [5.74, 6) is 1.13. The lowest BCUT2D eigenvalue weighted by molar-refractivity contribution is 0.102. The first-order valence-corrected chi connectivity index (χ1v) is 9.12. The van der Waals surface area contributed by atoms with Crippen molar-refractivity contribution in [3.05, 3.63) is 59.4 Å². The Morgan fingerprint density at radius 2 is 1.89 bits per heavy atom. The Morgan fingerprint density at radius 1 is 1.11 bits per heavy atom. The van der Waals surface area contributed by atoms with Crippen LogP contribution in [0.15, 0.2) is 42.5 Å². The third kappa shape index (κ3) is 3.15. The van der Waals surface area contributed by atoms with E-state index in [-0.39, 0.29) is 5.91 Å². The Labute approximate surface area is 159 Å². The number of fused-ring (bicyclic) bond motifs is 1. The van der Waals surface area contributed by atoms with E-state index in [9.17, 15) is 4.79 Å². The number of amides is 1. The van der Waals surface area contributed by atoms with Crippen LogP contribution >= 0.6 is 11.3 Å². The number of aryl methyl sites for hydroxylation is 2. The lowest BCUT2D eigenvalue weighted by Crippen LogP contribution is -2.13. The minimum Gasteiger partial charge on any atom is -0.496 e. The first-order chi connectivity index (χ1) is 13.1. The zero-order valence-corrected chi connectivity index (χ0v) is 15.9. The summed E-state index contributed by atoms with van der Waals surface area (Å²) in [6, 6.07) is 13.0. The number of aromatic nitrogens is 4. The molecule has 0 saturated heterocycles. The molecule has 2 aromatic heterocycles. The molecule has 0 aliphatic heterocycles. The van der Waals surface area contributed by atoms with Crippen molar-refractivity contribution in [2.45, 2.75) is 13.8 Å². The standard InChI is InChI=1S/C19H17N5O2S/c1-11-5-4-6-15(16(11)26-3)17(25)20-14-9-7-13(8-10-14)18-23-24-12(2)21-22-19(24)27-18/h4-10H,1-3H3,(H,20,25). The number of rotatable bonds is 4. The summed E-state index contributed by atoms with van der Waals surface area (Å²) in [4.78, 5) is 13.4. The molecule has 136 valence electrons. The highest BCUT2D eigenvalue weighted by molar-refractivity contribution is 7.19. The van der Waals surface area contributed by atoms with Crippen molar-refractivity contribution >= 4 is 27.9 Å². The molecule has 0 aliphatic rings. The molecule has 0 bridgehead atoms. The SMILES string of the molecule is COc1c(C)cccc1C(=O)Nc1ccc(-c2nn3c(C)nnc3s2)cc1. The predicted molar refractivity (Wildman–Crippen MR) is 105 cm³/mol. The lowest BCUT2D eigenvalue weighted by atomic mass is 10.1. The summed E-state index contributed by atoms with van der Waals surface area (Å²) in [5.41, 5.74) is 3.08. The molecule has 4 aromatic rings. The molecule has 1 amide bonds. The monoisotopic (exact) mass is 379 g/mol. The van der Waals surface area contributed by atoms with Crippen LogP contribution in [0.5, 0.6) is 5.75 Å². The van der Waals surface area contributed by atoms with Gasteiger partial charge in [0.1, 0.15) is 10.8 Å². The van der Waals surface area contributed by atoms with Gasteiger partial charge in [-0.1, -0.05) is 23.5 Å². The van der Waals surface area contributed by atoms with Crippen molar-refractivity contribution in [2.75, 3.05) is 12.4 Å². The van der Waals surface area contributed by atoms with E-state index in [1.807, 2.05) is 50.2 Å². The summed E-state index contributed by atoms with van der Waals surface area (Å²) in [7, 11) is 1.57. The molecular formula is C19H17N5O2S. The summed E-state index contributed by atoms with van der Waals surface area (Å²) in [6.07, 6.45) is 0. The highest BCUT2D eigenvalue weighted by atomic mass is 32.1. The zero-order chi connectivity index (χ0) is 19.0. The van der Waals surface area contributed by atoms with Gasteiger partial charge < -0.3 is 10.1 Å². The number of para-hydroxylation sites is 1. The first kappa shape index (κ1) is 17.2. The zero-order valence-electron chi connectivity index (χ0n) is 15.1. The van der Waals surface area contributed by atoms with Gasteiger partial charge >= 0.3 is 0 Å². The van der Waals surface area contributed by atoms with Crippen molar-refractivity contribution < 1.29 is 9.53 Å². The van der Waals surface area contributed by atoms with Crippen LogP contribution in [0.1, 0.15) is 21.7 Å². The maximum atomic E-state index is 12.6. The first-order valence-electron chi connectivity index (χ1n) is 8.31. The molecular weight excluding hydrogens is 362 g/mol. The number of methoxy groups -OCH3 is 1. The molecule has 4 rings (SSSR count). The highest BCUT2D eigenvalue weighted by Gasteiger charge is 2.15. The number of benzene rings is 2. The molecule has 2 heterocycles. The van der Waals surface area contributed by atoms with Gasteiger partial charge in [0.05, 0.1) is 12.7 Å². The fraction of sp³-hybridized carbons (Fsp3) is 0.158. The Hall–Kier alpha value is -3.26. The van der Waals surface area contributed by atoms with Gasteiger partial charge in [-0.3, -0.25) is 4.79 Å². The molecule has 7 nitrogen and oxygen atoms in total. The minimum atomic E-state index is -0.210. The molecule has 0 atom stereocenters. The number of nitrogens with zero attached hydrogens (tertiary/aromatic N) is 4. The van der Waals surface area contributed by atoms with E-state index >= 15 is 0 Å². The molecule has 1 N–H and O–H groups in total. The van der Waals surface area contributed by atoms with E-state index in [4.69, 9.17) is 4.74 Å². The topological polar surface area (TPSA) is 81.4 Å². The van der Waals surface area contributed by atoms with Gasteiger partial charge in [-0.05, 0) is 49.7 Å². The van der Waals surface area contributed by atoms with Crippen molar-refractivity contribution in [3.8, 4) is 16.3 Å². The second-order valence-corrected chi connectivity index (χ2v) is 6.99. The van der Waals surface area contributed by atoms with Gasteiger partial charge in [-0.2, -0.15) is 9.61 Å². The number of hydrogen-bond donors (Lipinski definition) is 1. The van der Waals surface area contributed by atoms with Crippen molar-refractivity contribution in [2.24, 2.45) is 0 Å². The maximum Gasteiger partial charge on any atom is 0.259 e. The second-order valence-electron chi connectivity index (χ2n) is 6.04. The summed E-state index contributed by atoms with van der Waals surface area (Å²) < 4.78 is 7.08. The van der Waals surface area contributed by atoms with Crippen LogP contribution in [0.3, 0.4) is 0 Å². The van der Waals surface area contributed by atoms with E-state index in [1.54, 1.807) is 17.7 Å². The molecule has 27 heavy (non-hydrogen) atoms. The third-order valence-corrected chi connectivity index (χ3v) is 5.14. The predicted octanol–water partition coefficient (Wildman–Crippen LogP) is 3.73. The van der Waals surface area contributed by atoms with E-state index in [2.05, 4.69) is 20.6 Å². The molecule has 0 saturated carbocycles. The van der Waals surface area contributed by atoms with E-state index in [0.717, 1.165) is 26.9 Å². The third-order valence-electron chi connectivity index (χ3n) is 4.20. The van der Waals surface area contributed by atoms with Crippen LogP contribution in [0, 0.1) is 13.8 Å². The fourth-order valence-electron chi connectivity index (χ4n) is 2.83. The molecule has 0 aliphatic carbocycles. The van der Waals surface area contributed by atoms with E-state index < -0.39 is 0 Å². The highest BCUT2D eigenvalue weighted by Crippen LogP contribution is 2.27. The number of nitrogens with one attached hydrogen (secondary N) is 1. The Balaban J connectivity index is 1.56. The summed E-state index contributed by atoms with van der Waals surface area (Å²) in [5, 5.41) is 16.3. The maximum absolute atomic E-state index is 12.6. The van der Waals surface area contributed by atoms with Gasteiger partial charge in [0.15, 0.2) is 5.82 Å². The quantitative estimate of drug-likeness (QED) is 0.584. The molecule has 0 fully saturated rings. The van der Waals surface area contributed by atoms with Crippen LogP contribution in [0.25, 0.3) is 15.5 Å². The fourth-order valence-corrected chi connectivity index (χ4v) is 3.72. The van der Waals surface area contributed by atoms with Crippen LogP contribution in [0.2, 0.25) is 0 Å². The van der Waals surface area contributed by atoms with Crippen molar-refractivity contribution in [1.82, 2.24) is 19.8 Å². The van der Waals surface area contributed by atoms with Gasteiger partial charge in [0, 0.05) is 11.3 Å². The number of hydrogen-bond acceptors (Lipinski definition) is 6. The Kier molecular flexibility index (Phi) is 4.33. The number of carbonyl (C=O) groups is 1. The number of ether oxygens (including phenoxy) is 1. The van der Waals surface area contributed by atoms with Crippen molar-refractivity contribution in [3.63, 3.8) is 0 Å². The van der Waals surface area contributed by atoms with Crippen LogP contribution in [0.4, 0.5) is 5.69 Å². The average Bonchev–Trinajstić information content (AvgIpc) is 3.24. The minimum absolute atomic E-state index is 0.210. The van der Waals surface area contributed by atoms with Gasteiger partial charge in [0.2, 0.25) is 4.96 Å². The van der Waals surface area contributed by atoms with Crippen LogP contribution in [-0.2, 0) is 0 Å². The summed E-state index contributed by atoms with van der Waals surface area (Å²) >= 11 is 1.47. The smallest absolute Gasteiger partial charge is 0.259 e. The molecule has 8 heteroatoms. The number of carbonyl (C=O) groups excluding carboxylic acids is 1. The lowest BCUT2D eigenvalue weighted by Gasteiger charge is -2.11. The Morgan fingerprint density at radius 3 is 2.59 bits per heavy atom. The Bertz CT molecular complexity index is 1130. The van der Waals surface area contributed by atoms with Crippen LogP contribution < -0.4 is 10.1 Å². The van der Waals surface area contributed by atoms with Crippen LogP contribution in [-0.4, -0.2) is 32.8 Å². The molecule has 0 radical (unpaired) electrons. The average molecular weight is 379 g/mol. The van der Waals surface area contributed by atoms with Gasteiger partial charge in [-0.25, -0.2) is 0 Å². The second kappa shape index (κ2) is 6.81. The normalized spacial score (nSPS) is 10.9. The van der Waals surface area contributed by atoms with E-state index in [0.29, 0.717) is 17.0 Å². The number of anilines is 1. The summed E-state index contributed by atoms with van der Waals surface area (Å²) in [6.45, 7) is 3.77. The molecule has 0 unspecified atom stereocenters. The van der Waals surface area contributed by atoms with Crippen molar-refractivity contribution in [1.29, 1.82) is 0 Å². The molecule has 0 spiro atoms. The van der Waals surface area contributed by atoms with E-state index in [1.165, 1.54) is 11.3 Å². The largest absolute Gasteiger partial charge is 0.496 e. The van der Waals surface area contributed by atoms with Gasteiger partial charge in [0.25, 0.3) is 5.91 Å². The molecule has 2 aromatic carbocycles. The van der Waals surface area contributed by atoms with Gasteiger partial charge in [-0.15, -0.1) is 10.2 Å².